The Morgan fingerprint density at radius 3 is 2.65 bits per heavy atom. The molecule has 0 radical (unpaired) electrons. The summed E-state index contributed by atoms with van der Waals surface area (Å²) in [5.74, 6) is 0.962. The van der Waals surface area contributed by atoms with Gasteiger partial charge >= 0.3 is 5.97 Å². The van der Waals surface area contributed by atoms with E-state index in [-0.39, 0.29) is 12.8 Å². The predicted octanol–water partition coefficient (Wildman–Crippen LogP) is 2.57. The van der Waals surface area contributed by atoms with Crippen LogP contribution < -0.4 is 14.8 Å². The van der Waals surface area contributed by atoms with Gasteiger partial charge in [-0.25, -0.2) is 0 Å². The van der Waals surface area contributed by atoms with Crippen LogP contribution in [0.3, 0.4) is 0 Å². The molecule has 0 aromatic heterocycles. The molecule has 20 heavy (non-hydrogen) atoms. The Balaban J connectivity index is 2.06. The Labute approximate surface area is 118 Å². The summed E-state index contributed by atoms with van der Waals surface area (Å²) in [4.78, 5) is 11.3. The summed E-state index contributed by atoms with van der Waals surface area (Å²) in [6.45, 7) is 6.23. The molecule has 0 saturated carbocycles. The smallest absolute Gasteiger partial charge is 0.320 e. The first-order valence-electron chi connectivity index (χ1n) is 6.85. The molecule has 1 aromatic carbocycles. The first kappa shape index (κ1) is 14.7. The highest BCUT2D eigenvalue weighted by atomic mass is 16.7. The van der Waals surface area contributed by atoms with Gasteiger partial charge in [-0.15, -0.1) is 0 Å². The number of aliphatic carboxylic acids is 1. The molecular weight excluding hydrogens is 258 g/mol. The Morgan fingerprint density at radius 2 is 2.00 bits per heavy atom. The molecule has 5 heteroatoms. The van der Waals surface area contributed by atoms with Crippen molar-refractivity contribution in [3.63, 3.8) is 0 Å². The second kappa shape index (κ2) is 6.13. The lowest BCUT2D eigenvalue weighted by Crippen LogP contribution is -2.39. The number of nitrogens with one attached hydrogen (secondary N) is 1. The van der Waals surface area contributed by atoms with Crippen LogP contribution in [0.25, 0.3) is 0 Å². The van der Waals surface area contributed by atoms with Gasteiger partial charge in [0.1, 0.15) is 6.04 Å². The van der Waals surface area contributed by atoms with E-state index >= 15 is 0 Å². The molecule has 0 bridgehead atoms. The number of ether oxygens (including phenoxy) is 2. The fraction of sp³-hybridized carbons (Fsp3) is 0.533. The number of carbonyl (C=O) groups is 1. The van der Waals surface area contributed by atoms with E-state index in [1.54, 1.807) is 0 Å². The molecule has 2 N–H and O–H groups in total. The molecule has 2 unspecified atom stereocenters. The Bertz CT molecular complexity index is 487. The number of carboxylic acids is 1. The van der Waals surface area contributed by atoms with E-state index in [1.165, 1.54) is 0 Å². The maximum Gasteiger partial charge on any atom is 0.320 e. The minimum atomic E-state index is -0.814. The number of rotatable bonds is 6. The van der Waals surface area contributed by atoms with Crippen molar-refractivity contribution >= 4 is 5.97 Å². The standard InChI is InChI=1S/C15H21NO4/c1-9(2)6-12(15(17)18)16-10(3)11-4-5-13-14(7-11)20-8-19-13/h4-5,7,9-10,12,16H,6,8H2,1-3H3,(H,17,18). The lowest BCUT2D eigenvalue weighted by Gasteiger charge is -2.22. The quantitative estimate of drug-likeness (QED) is 0.837. The molecule has 0 fully saturated rings. The van der Waals surface area contributed by atoms with Crippen molar-refractivity contribution < 1.29 is 19.4 Å². The van der Waals surface area contributed by atoms with Crippen LogP contribution in [0.4, 0.5) is 0 Å². The molecule has 1 heterocycles. The van der Waals surface area contributed by atoms with Gasteiger partial charge < -0.3 is 14.6 Å². The topological polar surface area (TPSA) is 67.8 Å². The Hall–Kier alpha value is -1.75. The van der Waals surface area contributed by atoms with E-state index < -0.39 is 12.0 Å². The highest BCUT2D eigenvalue weighted by Crippen LogP contribution is 2.34. The van der Waals surface area contributed by atoms with Crippen LogP contribution in [0.1, 0.15) is 38.8 Å². The second-order valence-corrected chi connectivity index (χ2v) is 5.52. The Morgan fingerprint density at radius 1 is 1.30 bits per heavy atom. The van der Waals surface area contributed by atoms with Crippen LogP contribution >= 0.6 is 0 Å². The van der Waals surface area contributed by atoms with Crippen molar-refractivity contribution in [1.29, 1.82) is 0 Å². The minimum absolute atomic E-state index is 0.0654. The first-order valence-corrected chi connectivity index (χ1v) is 6.85. The molecular formula is C15H21NO4. The third-order valence-corrected chi connectivity index (χ3v) is 3.35. The largest absolute Gasteiger partial charge is 0.480 e. The van der Waals surface area contributed by atoms with Crippen molar-refractivity contribution in [2.45, 2.75) is 39.3 Å². The molecule has 110 valence electrons. The molecule has 1 aliphatic rings. The van der Waals surface area contributed by atoms with E-state index in [0.29, 0.717) is 18.1 Å². The van der Waals surface area contributed by atoms with Crippen molar-refractivity contribution in [1.82, 2.24) is 5.32 Å². The van der Waals surface area contributed by atoms with Crippen LogP contribution in [0, 0.1) is 5.92 Å². The summed E-state index contributed by atoms with van der Waals surface area (Å²) >= 11 is 0. The summed E-state index contributed by atoms with van der Waals surface area (Å²) in [6.07, 6.45) is 0.601. The van der Waals surface area contributed by atoms with Gasteiger partial charge in [-0.3, -0.25) is 10.1 Å². The molecule has 1 aromatic rings. The normalized spacial score (nSPS) is 16.2. The van der Waals surface area contributed by atoms with Gasteiger partial charge in [0.15, 0.2) is 11.5 Å². The van der Waals surface area contributed by atoms with E-state index in [1.807, 2.05) is 39.0 Å². The van der Waals surface area contributed by atoms with Gasteiger partial charge in [0, 0.05) is 6.04 Å². The van der Waals surface area contributed by atoms with Crippen LogP contribution in [-0.2, 0) is 4.79 Å². The van der Waals surface area contributed by atoms with Crippen LogP contribution in [0.2, 0.25) is 0 Å². The van der Waals surface area contributed by atoms with Gasteiger partial charge in [0.2, 0.25) is 6.79 Å². The molecule has 2 atom stereocenters. The van der Waals surface area contributed by atoms with Gasteiger partial charge in [-0.2, -0.15) is 0 Å². The summed E-state index contributed by atoms with van der Waals surface area (Å²) < 4.78 is 10.6. The monoisotopic (exact) mass is 279 g/mol. The molecule has 1 aliphatic heterocycles. The zero-order valence-corrected chi connectivity index (χ0v) is 12.1. The van der Waals surface area contributed by atoms with Crippen LogP contribution in [0.5, 0.6) is 11.5 Å². The lowest BCUT2D eigenvalue weighted by atomic mass is 10.0. The molecule has 0 saturated heterocycles. The van der Waals surface area contributed by atoms with Crippen molar-refractivity contribution in [2.75, 3.05) is 6.79 Å². The molecule has 5 nitrogen and oxygen atoms in total. The number of carboxylic acid groups (broad SMARTS) is 1. The highest BCUT2D eigenvalue weighted by Gasteiger charge is 2.22. The fourth-order valence-corrected chi connectivity index (χ4v) is 2.29. The third kappa shape index (κ3) is 3.42. The van der Waals surface area contributed by atoms with Gasteiger partial charge in [-0.05, 0) is 37.0 Å². The highest BCUT2D eigenvalue weighted by molar-refractivity contribution is 5.73. The summed E-state index contributed by atoms with van der Waals surface area (Å²) in [5.41, 5.74) is 0.990. The second-order valence-electron chi connectivity index (χ2n) is 5.52. The maximum atomic E-state index is 11.3. The van der Waals surface area contributed by atoms with Gasteiger partial charge in [-0.1, -0.05) is 19.9 Å². The average molecular weight is 279 g/mol. The predicted molar refractivity (Wildman–Crippen MR) is 75.0 cm³/mol. The van der Waals surface area contributed by atoms with Crippen molar-refractivity contribution in [2.24, 2.45) is 5.92 Å². The van der Waals surface area contributed by atoms with Gasteiger partial charge in [0.05, 0.1) is 0 Å². The minimum Gasteiger partial charge on any atom is -0.480 e. The maximum absolute atomic E-state index is 11.3. The van der Waals surface area contributed by atoms with Crippen molar-refractivity contribution in [3.8, 4) is 11.5 Å². The van der Waals surface area contributed by atoms with E-state index in [4.69, 9.17) is 9.47 Å². The van der Waals surface area contributed by atoms with Crippen LogP contribution in [-0.4, -0.2) is 23.9 Å². The number of fused-ring (bicyclic) bond motifs is 1. The summed E-state index contributed by atoms with van der Waals surface area (Å²) in [6, 6.07) is 5.07. The van der Waals surface area contributed by atoms with E-state index in [9.17, 15) is 9.90 Å². The third-order valence-electron chi connectivity index (χ3n) is 3.35. The molecule has 0 aliphatic carbocycles. The summed E-state index contributed by atoms with van der Waals surface area (Å²) in [5, 5.41) is 12.4. The van der Waals surface area contributed by atoms with Gasteiger partial charge in [0.25, 0.3) is 0 Å². The number of hydrogen-bond donors (Lipinski definition) is 2. The number of hydrogen-bond acceptors (Lipinski definition) is 4. The number of benzene rings is 1. The molecule has 0 amide bonds. The van der Waals surface area contributed by atoms with E-state index in [2.05, 4.69) is 5.32 Å². The zero-order chi connectivity index (χ0) is 14.7. The van der Waals surface area contributed by atoms with Crippen LogP contribution in [0.15, 0.2) is 18.2 Å². The summed E-state index contributed by atoms with van der Waals surface area (Å²) in [7, 11) is 0. The zero-order valence-electron chi connectivity index (χ0n) is 12.1. The van der Waals surface area contributed by atoms with Crippen molar-refractivity contribution in [3.05, 3.63) is 23.8 Å². The SMILES string of the molecule is CC(C)CC(NC(C)c1ccc2c(c1)OCO2)C(=O)O. The first-order chi connectivity index (χ1) is 9.47. The fourth-order valence-electron chi connectivity index (χ4n) is 2.29. The Kier molecular flexibility index (Phi) is 4.49. The van der Waals surface area contributed by atoms with E-state index in [0.717, 1.165) is 11.3 Å². The lowest BCUT2D eigenvalue weighted by molar-refractivity contribution is -0.140. The molecule has 2 rings (SSSR count). The molecule has 0 spiro atoms. The average Bonchev–Trinajstić information content (AvgIpc) is 2.84.